The minimum absolute atomic E-state index is 0.658. The monoisotopic (exact) mass is 215 g/mol. The lowest BCUT2D eigenvalue weighted by Crippen LogP contribution is -2.11. The van der Waals surface area contributed by atoms with E-state index in [0.717, 1.165) is 30.2 Å². The number of fused-ring (bicyclic) bond motifs is 1. The highest BCUT2D eigenvalue weighted by Crippen LogP contribution is 2.23. The van der Waals surface area contributed by atoms with E-state index in [1.54, 1.807) is 12.4 Å². The lowest BCUT2D eigenvalue weighted by molar-refractivity contribution is 0.526. The molecule has 2 aromatic heterocycles. The van der Waals surface area contributed by atoms with Gasteiger partial charge in [0.1, 0.15) is 5.82 Å². The molecule has 5 heteroatoms. The van der Waals surface area contributed by atoms with Crippen molar-refractivity contribution in [3.63, 3.8) is 0 Å². The molecule has 2 aromatic rings. The van der Waals surface area contributed by atoms with Crippen molar-refractivity contribution in [3.8, 4) is 11.4 Å². The zero-order valence-corrected chi connectivity index (χ0v) is 8.93. The van der Waals surface area contributed by atoms with Crippen LogP contribution in [0.1, 0.15) is 18.7 Å². The molecule has 0 unspecified atom stereocenters. The Morgan fingerprint density at radius 2 is 2.12 bits per heavy atom. The number of anilines is 1. The molecule has 0 fully saturated rings. The molecule has 2 N–H and O–H groups in total. The van der Waals surface area contributed by atoms with Gasteiger partial charge in [0, 0.05) is 30.9 Å². The van der Waals surface area contributed by atoms with E-state index < -0.39 is 0 Å². The summed E-state index contributed by atoms with van der Waals surface area (Å²) in [4.78, 5) is 4.08. The molecule has 1 aliphatic rings. The van der Waals surface area contributed by atoms with Crippen LogP contribution >= 0.6 is 0 Å². The summed E-state index contributed by atoms with van der Waals surface area (Å²) in [6.45, 7) is 0.993. The smallest absolute Gasteiger partial charge is 0.165 e. The number of aromatic nitrogens is 4. The molecule has 0 bridgehead atoms. The Bertz CT molecular complexity index is 517. The molecule has 0 aliphatic carbocycles. The molecule has 0 amide bonds. The van der Waals surface area contributed by atoms with Crippen molar-refractivity contribution >= 4 is 5.69 Å². The fourth-order valence-electron chi connectivity index (χ4n) is 2.10. The summed E-state index contributed by atoms with van der Waals surface area (Å²) in [6, 6.07) is 1.89. The van der Waals surface area contributed by atoms with Crippen LogP contribution < -0.4 is 5.73 Å². The first kappa shape index (κ1) is 9.33. The highest BCUT2D eigenvalue weighted by Gasteiger charge is 2.16. The summed E-state index contributed by atoms with van der Waals surface area (Å²) in [5, 5.41) is 8.43. The third kappa shape index (κ3) is 1.44. The first-order chi connectivity index (χ1) is 7.84. The SMILES string of the molecule is Nc1cncc(-c2nnc3n2CCCC3)c1. The maximum absolute atomic E-state index is 5.72. The minimum Gasteiger partial charge on any atom is -0.397 e. The second-order valence-electron chi connectivity index (χ2n) is 4.06. The van der Waals surface area contributed by atoms with Crippen LogP contribution in [0.2, 0.25) is 0 Å². The predicted octanol–water partition coefficient (Wildman–Crippen LogP) is 1.26. The lowest BCUT2D eigenvalue weighted by Gasteiger charge is -2.14. The molecule has 16 heavy (non-hydrogen) atoms. The molecular formula is C11H13N5. The van der Waals surface area contributed by atoms with Gasteiger partial charge in [-0.15, -0.1) is 10.2 Å². The number of rotatable bonds is 1. The first-order valence-corrected chi connectivity index (χ1v) is 5.47. The normalized spacial score (nSPS) is 14.8. The number of hydrogen-bond donors (Lipinski definition) is 1. The summed E-state index contributed by atoms with van der Waals surface area (Å²) in [5.74, 6) is 1.96. The molecule has 3 heterocycles. The minimum atomic E-state index is 0.658. The molecular weight excluding hydrogens is 202 g/mol. The van der Waals surface area contributed by atoms with Gasteiger partial charge in [-0.2, -0.15) is 0 Å². The van der Waals surface area contributed by atoms with Gasteiger partial charge in [0.2, 0.25) is 0 Å². The number of nitrogens with zero attached hydrogens (tertiary/aromatic N) is 4. The number of aryl methyl sites for hydroxylation is 1. The van der Waals surface area contributed by atoms with E-state index in [4.69, 9.17) is 5.73 Å². The molecule has 1 aliphatic heterocycles. The number of hydrogen-bond acceptors (Lipinski definition) is 4. The van der Waals surface area contributed by atoms with Crippen molar-refractivity contribution in [1.82, 2.24) is 19.7 Å². The Morgan fingerprint density at radius 3 is 3.00 bits per heavy atom. The number of nitrogen functional groups attached to an aromatic ring is 1. The van der Waals surface area contributed by atoms with E-state index in [0.29, 0.717) is 5.69 Å². The van der Waals surface area contributed by atoms with Crippen LogP contribution in [-0.4, -0.2) is 19.7 Å². The highest BCUT2D eigenvalue weighted by molar-refractivity contribution is 5.59. The Balaban J connectivity index is 2.09. The van der Waals surface area contributed by atoms with Crippen molar-refractivity contribution in [2.75, 3.05) is 5.73 Å². The molecule has 0 saturated carbocycles. The van der Waals surface area contributed by atoms with Gasteiger partial charge in [-0.25, -0.2) is 0 Å². The Labute approximate surface area is 93.3 Å². The third-order valence-electron chi connectivity index (χ3n) is 2.88. The third-order valence-corrected chi connectivity index (χ3v) is 2.88. The maximum Gasteiger partial charge on any atom is 0.165 e. The molecule has 0 radical (unpaired) electrons. The fraction of sp³-hybridized carbons (Fsp3) is 0.364. The summed E-state index contributed by atoms with van der Waals surface area (Å²) in [7, 11) is 0. The van der Waals surface area contributed by atoms with Crippen molar-refractivity contribution < 1.29 is 0 Å². The fourth-order valence-corrected chi connectivity index (χ4v) is 2.10. The van der Waals surface area contributed by atoms with Crippen LogP contribution in [-0.2, 0) is 13.0 Å². The summed E-state index contributed by atoms with van der Waals surface area (Å²) < 4.78 is 2.17. The largest absolute Gasteiger partial charge is 0.397 e. The Hall–Kier alpha value is -1.91. The van der Waals surface area contributed by atoms with Crippen LogP contribution in [0.15, 0.2) is 18.5 Å². The van der Waals surface area contributed by atoms with Crippen molar-refractivity contribution in [3.05, 3.63) is 24.3 Å². The van der Waals surface area contributed by atoms with Crippen molar-refractivity contribution in [2.45, 2.75) is 25.8 Å². The second-order valence-corrected chi connectivity index (χ2v) is 4.06. The molecule has 5 nitrogen and oxygen atoms in total. The summed E-state index contributed by atoms with van der Waals surface area (Å²) >= 11 is 0. The van der Waals surface area contributed by atoms with Gasteiger partial charge in [-0.05, 0) is 18.9 Å². The van der Waals surface area contributed by atoms with E-state index >= 15 is 0 Å². The number of pyridine rings is 1. The zero-order valence-electron chi connectivity index (χ0n) is 8.93. The Kier molecular flexibility index (Phi) is 2.09. The van der Waals surface area contributed by atoms with Gasteiger partial charge in [-0.3, -0.25) is 4.98 Å². The molecule has 3 rings (SSSR count). The van der Waals surface area contributed by atoms with E-state index in [1.165, 1.54) is 12.8 Å². The summed E-state index contributed by atoms with van der Waals surface area (Å²) in [6.07, 6.45) is 6.82. The van der Waals surface area contributed by atoms with Gasteiger partial charge in [0.25, 0.3) is 0 Å². The van der Waals surface area contributed by atoms with Crippen LogP contribution in [0.5, 0.6) is 0 Å². The quantitative estimate of drug-likeness (QED) is 0.777. The lowest BCUT2D eigenvalue weighted by atomic mass is 10.1. The van der Waals surface area contributed by atoms with Crippen molar-refractivity contribution in [2.24, 2.45) is 0 Å². The van der Waals surface area contributed by atoms with Crippen LogP contribution in [0.4, 0.5) is 5.69 Å². The first-order valence-electron chi connectivity index (χ1n) is 5.47. The van der Waals surface area contributed by atoms with Gasteiger partial charge >= 0.3 is 0 Å². The molecule has 82 valence electrons. The highest BCUT2D eigenvalue weighted by atomic mass is 15.3. The topological polar surface area (TPSA) is 69.6 Å². The summed E-state index contributed by atoms with van der Waals surface area (Å²) in [5.41, 5.74) is 7.32. The molecule has 0 aromatic carbocycles. The molecule has 0 saturated heterocycles. The maximum atomic E-state index is 5.72. The Morgan fingerprint density at radius 1 is 1.19 bits per heavy atom. The van der Waals surface area contributed by atoms with E-state index in [2.05, 4.69) is 19.7 Å². The van der Waals surface area contributed by atoms with Gasteiger partial charge < -0.3 is 10.3 Å². The van der Waals surface area contributed by atoms with Crippen molar-refractivity contribution in [1.29, 1.82) is 0 Å². The second kappa shape index (κ2) is 3.59. The average molecular weight is 215 g/mol. The van der Waals surface area contributed by atoms with Gasteiger partial charge in [-0.1, -0.05) is 0 Å². The van der Waals surface area contributed by atoms with E-state index in [9.17, 15) is 0 Å². The van der Waals surface area contributed by atoms with Gasteiger partial charge in [0.15, 0.2) is 5.82 Å². The predicted molar refractivity (Wildman–Crippen MR) is 60.6 cm³/mol. The van der Waals surface area contributed by atoms with Crippen LogP contribution in [0, 0.1) is 0 Å². The molecule has 0 spiro atoms. The van der Waals surface area contributed by atoms with E-state index in [-0.39, 0.29) is 0 Å². The molecule has 0 atom stereocenters. The number of nitrogens with two attached hydrogens (primary N) is 1. The van der Waals surface area contributed by atoms with Gasteiger partial charge in [0.05, 0.1) is 5.69 Å². The average Bonchev–Trinajstić information content (AvgIpc) is 2.72. The van der Waals surface area contributed by atoms with Crippen LogP contribution in [0.3, 0.4) is 0 Å². The van der Waals surface area contributed by atoms with E-state index in [1.807, 2.05) is 6.07 Å². The zero-order chi connectivity index (χ0) is 11.0. The standard InChI is InChI=1S/C11H13N5/c12-9-5-8(6-13-7-9)11-15-14-10-3-1-2-4-16(10)11/h5-7H,1-4,12H2. The van der Waals surface area contributed by atoms with Crippen LogP contribution in [0.25, 0.3) is 11.4 Å².